The second-order valence-corrected chi connectivity index (χ2v) is 7.85. The second kappa shape index (κ2) is 7.72. The number of benzene rings is 2. The lowest BCUT2D eigenvalue weighted by atomic mass is 10.0. The summed E-state index contributed by atoms with van der Waals surface area (Å²) in [6.07, 6.45) is 0.986. The average Bonchev–Trinajstić information content (AvgIpc) is 2.93. The van der Waals surface area contributed by atoms with Gasteiger partial charge in [0.1, 0.15) is 11.6 Å². The Labute approximate surface area is 169 Å². The first-order valence-corrected chi connectivity index (χ1v) is 10.4. The van der Waals surface area contributed by atoms with Crippen LogP contribution in [-0.2, 0) is 11.2 Å². The number of thioether (sulfide) groups is 1. The van der Waals surface area contributed by atoms with Crippen molar-refractivity contribution in [1.29, 1.82) is 0 Å². The molecule has 2 heterocycles. The summed E-state index contributed by atoms with van der Waals surface area (Å²) in [6.45, 7) is 4.13. The van der Waals surface area contributed by atoms with Crippen molar-refractivity contribution in [3.63, 3.8) is 0 Å². The van der Waals surface area contributed by atoms with Gasteiger partial charge >= 0.3 is 0 Å². The van der Waals surface area contributed by atoms with Crippen LogP contribution in [0.2, 0.25) is 0 Å². The standard InChI is InChI=1S/C22H23N3O2S/c1-4-15-9-11-16(12-10-15)25-22-20(14(2)24-25)21(28-13-19(26)23-22)17-7-5-6-8-18(17)27-3/h5-12,21H,4,13H2,1-3H3,(H,23,26)/t21-/m0/s1. The number of ether oxygens (including phenoxy) is 1. The number of carbonyl (C=O) groups excluding carboxylic acids is 1. The van der Waals surface area contributed by atoms with E-state index in [-0.39, 0.29) is 11.2 Å². The van der Waals surface area contributed by atoms with Crippen LogP contribution >= 0.6 is 11.8 Å². The maximum atomic E-state index is 12.5. The molecule has 0 bridgehead atoms. The summed E-state index contributed by atoms with van der Waals surface area (Å²) >= 11 is 1.60. The maximum absolute atomic E-state index is 12.5. The van der Waals surface area contributed by atoms with Crippen LogP contribution < -0.4 is 10.1 Å². The first kappa shape index (κ1) is 18.6. The third-order valence-corrected chi connectivity index (χ3v) is 6.27. The molecule has 144 valence electrons. The van der Waals surface area contributed by atoms with Crippen LogP contribution in [-0.4, -0.2) is 28.6 Å². The molecule has 0 saturated heterocycles. The summed E-state index contributed by atoms with van der Waals surface area (Å²) in [7, 11) is 1.68. The van der Waals surface area contributed by atoms with Crippen LogP contribution in [0, 0.1) is 6.92 Å². The molecule has 5 nitrogen and oxygen atoms in total. The number of carbonyl (C=O) groups is 1. The van der Waals surface area contributed by atoms with Gasteiger partial charge in [-0.15, -0.1) is 11.8 Å². The van der Waals surface area contributed by atoms with Gasteiger partial charge < -0.3 is 10.1 Å². The fraction of sp³-hybridized carbons (Fsp3) is 0.273. The number of para-hydroxylation sites is 1. The molecule has 0 saturated carbocycles. The highest BCUT2D eigenvalue weighted by Gasteiger charge is 2.32. The van der Waals surface area contributed by atoms with Crippen molar-refractivity contribution >= 4 is 23.5 Å². The monoisotopic (exact) mass is 393 g/mol. The number of nitrogens with zero attached hydrogens (tertiary/aromatic N) is 2. The van der Waals surface area contributed by atoms with Gasteiger partial charge in [-0.1, -0.05) is 37.3 Å². The van der Waals surface area contributed by atoms with E-state index < -0.39 is 0 Å². The fourth-order valence-electron chi connectivity index (χ4n) is 3.57. The fourth-order valence-corrected chi connectivity index (χ4v) is 4.79. The van der Waals surface area contributed by atoms with Crippen LogP contribution in [0.5, 0.6) is 5.75 Å². The number of hydrogen-bond donors (Lipinski definition) is 1. The number of anilines is 1. The van der Waals surface area contributed by atoms with Crippen LogP contribution in [0.1, 0.15) is 34.6 Å². The molecule has 6 heteroatoms. The number of aromatic nitrogens is 2. The van der Waals surface area contributed by atoms with Crippen molar-refractivity contribution in [1.82, 2.24) is 9.78 Å². The van der Waals surface area contributed by atoms with Gasteiger partial charge in [0, 0.05) is 11.1 Å². The number of amides is 1. The van der Waals surface area contributed by atoms with Crippen molar-refractivity contribution in [2.24, 2.45) is 0 Å². The summed E-state index contributed by atoms with van der Waals surface area (Å²) in [4.78, 5) is 12.5. The van der Waals surface area contributed by atoms with Gasteiger partial charge in [0.25, 0.3) is 0 Å². The quantitative estimate of drug-likeness (QED) is 0.708. The van der Waals surface area contributed by atoms with Crippen molar-refractivity contribution < 1.29 is 9.53 Å². The Balaban J connectivity index is 1.87. The molecule has 1 aliphatic rings. The normalized spacial score (nSPS) is 16.2. The van der Waals surface area contributed by atoms with Gasteiger partial charge in [0.2, 0.25) is 5.91 Å². The van der Waals surface area contributed by atoms with E-state index in [0.717, 1.165) is 40.5 Å². The maximum Gasteiger partial charge on any atom is 0.235 e. The van der Waals surface area contributed by atoms with E-state index >= 15 is 0 Å². The molecule has 2 aromatic carbocycles. The molecule has 1 N–H and O–H groups in total. The number of fused-ring (bicyclic) bond motifs is 1. The largest absolute Gasteiger partial charge is 0.496 e. The molecule has 1 atom stereocenters. The zero-order chi connectivity index (χ0) is 19.7. The summed E-state index contributed by atoms with van der Waals surface area (Å²) in [6, 6.07) is 16.3. The third kappa shape index (κ3) is 3.29. The zero-order valence-corrected chi connectivity index (χ0v) is 17.0. The van der Waals surface area contributed by atoms with Gasteiger partial charge in [-0.3, -0.25) is 4.79 Å². The Morgan fingerprint density at radius 3 is 2.68 bits per heavy atom. The highest BCUT2D eigenvalue weighted by Crippen LogP contribution is 2.46. The molecule has 0 unspecified atom stereocenters. The number of rotatable bonds is 4. The van der Waals surface area contributed by atoms with E-state index in [1.807, 2.05) is 41.9 Å². The number of aryl methyl sites for hydroxylation is 2. The Bertz CT molecular complexity index is 1010. The summed E-state index contributed by atoms with van der Waals surface area (Å²) in [5.41, 5.74) is 5.19. The number of methoxy groups -OCH3 is 1. The van der Waals surface area contributed by atoms with E-state index in [9.17, 15) is 4.79 Å². The molecular weight excluding hydrogens is 370 g/mol. The van der Waals surface area contributed by atoms with E-state index in [1.54, 1.807) is 18.9 Å². The highest BCUT2D eigenvalue weighted by atomic mass is 32.2. The topological polar surface area (TPSA) is 56.2 Å². The predicted octanol–water partition coefficient (Wildman–Crippen LogP) is 4.53. The Kier molecular flexibility index (Phi) is 5.13. The van der Waals surface area contributed by atoms with Gasteiger partial charge in [0.05, 0.1) is 29.5 Å². The lowest BCUT2D eigenvalue weighted by Gasteiger charge is -2.18. The lowest BCUT2D eigenvalue weighted by molar-refractivity contribution is -0.113. The summed E-state index contributed by atoms with van der Waals surface area (Å²) in [5.74, 6) is 1.92. The molecule has 1 amide bonds. The average molecular weight is 394 g/mol. The molecular formula is C22H23N3O2S. The van der Waals surface area contributed by atoms with Crippen LogP contribution in [0.25, 0.3) is 5.69 Å². The molecule has 3 aromatic rings. The Morgan fingerprint density at radius 1 is 1.21 bits per heavy atom. The van der Waals surface area contributed by atoms with Gasteiger partial charge in [-0.05, 0) is 37.1 Å². The van der Waals surface area contributed by atoms with Crippen molar-refractivity contribution in [2.45, 2.75) is 25.5 Å². The SMILES string of the molecule is CCc1ccc(-n2nc(C)c3c2NC(=O)CS[C@H]3c2ccccc2OC)cc1. The van der Waals surface area contributed by atoms with Crippen LogP contribution in [0.3, 0.4) is 0 Å². The molecule has 1 aliphatic heterocycles. The summed E-state index contributed by atoms with van der Waals surface area (Å²) in [5, 5.41) is 7.82. The molecule has 1 aromatic heterocycles. The third-order valence-electron chi connectivity index (χ3n) is 5.02. The van der Waals surface area contributed by atoms with Gasteiger partial charge in [0.15, 0.2) is 0 Å². The van der Waals surface area contributed by atoms with Crippen molar-refractivity contribution in [3.05, 3.63) is 70.9 Å². The summed E-state index contributed by atoms with van der Waals surface area (Å²) < 4.78 is 7.44. The molecule has 0 fully saturated rings. The molecule has 28 heavy (non-hydrogen) atoms. The van der Waals surface area contributed by atoms with Crippen LogP contribution in [0.4, 0.5) is 5.82 Å². The van der Waals surface area contributed by atoms with Gasteiger partial charge in [-0.2, -0.15) is 5.10 Å². The van der Waals surface area contributed by atoms with E-state index in [1.165, 1.54) is 5.56 Å². The minimum absolute atomic E-state index is 0.0185. The molecule has 0 spiro atoms. The molecule has 0 aliphatic carbocycles. The van der Waals surface area contributed by atoms with Crippen molar-refractivity contribution in [3.8, 4) is 11.4 Å². The Morgan fingerprint density at radius 2 is 1.96 bits per heavy atom. The van der Waals surface area contributed by atoms with Crippen molar-refractivity contribution in [2.75, 3.05) is 18.2 Å². The Hall–Kier alpha value is -2.73. The van der Waals surface area contributed by atoms with Crippen LogP contribution in [0.15, 0.2) is 48.5 Å². The number of nitrogens with one attached hydrogen (secondary N) is 1. The smallest absolute Gasteiger partial charge is 0.235 e. The van der Waals surface area contributed by atoms with Gasteiger partial charge in [-0.25, -0.2) is 4.68 Å². The molecule has 0 radical (unpaired) electrons. The first-order valence-electron chi connectivity index (χ1n) is 9.35. The predicted molar refractivity (Wildman–Crippen MR) is 114 cm³/mol. The first-order chi connectivity index (χ1) is 13.6. The van der Waals surface area contributed by atoms with E-state index in [0.29, 0.717) is 5.75 Å². The van der Waals surface area contributed by atoms with E-state index in [2.05, 4.69) is 30.4 Å². The highest BCUT2D eigenvalue weighted by molar-refractivity contribution is 8.00. The minimum Gasteiger partial charge on any atom is -0.496 e. The zero-order valence-electron chi connectivity index (χ0n) is 16.2. The second-order valence-electron chi connectivity index (χ2n) is 6.76. The van der Waals surface area contributed by atoms with E-state index in [4.69, 9.17) is 9.84 Å². The minimum atomic E-state index is -0.0336. The number of hydrogen-bond acceptors (Lipinski definition) is 4. The molecule has 4 rings (SSSR count). The lowest BCUT2D eigenvalue weighted by Crippen LogP contribution is -2.15.